The Hall–Kier alpha value is -1.94. The standard InChI is InChI=1S/C22H26O4/c1-20(2,3)26-19(24)22-16-10-7-11-21(18(16)22,12-17(22)23)14-25-13-15-8-5-4-6-9-15/h4-9,11,16,18H,10,12-14H2,1-3H3/t16-,18-,21-,22-/m0/s1. The highest BCUT2D eigenvalue weighted by Gasteiger charge is 2.84. The van der Waals surface area contributed by atoms with Crippen LogP contribution in [0.2, 0.25) is 0 Å². The van der Waals surface area contributed by atoms with Crippen LogP contribution in [0.5, 0.6) is 0 Å². The molecule has 2 fully saturated rings. The number of fused-ring (bicyclic) bond motifs is 1. The second kappa shape index (κ2) is 5.78. The van der Waals surface area contributed by atoms with Gasteiger partial charge >= 0.3 is 5.97 Å². The monoisotopic (exact) mass is 354 g/mol. The van der Waals surface area contributed by atoms with Gasteiger partial charge in [0, 0.05) is 11.8 Å². The van der Waals surface area contributed by atoms with E-state index in [-0.39, 0.29) is 29.0 Å². The van der Waals surface area contributed by atoms with Gasteiger partial charge in [0.2, 0.25) is 0 Å². The van der Waals surface area contributed by atoms with Gasteiger partial charge in [-0.3, -0.25) is 9.59 Å². The van der Waals surface area contributed by atoms with Crippen molar-refractivity contribution >= 4 is 11.8 Å². The normalized spacial score (nSPS) is 34.5. The Morgan fingerprint density at radius 2 is 1.96 bits per heavy atom. The minimum atomic E-state index is -0.938. The molecule has 4 heteroatoms. The van der Waals surface area contributed by atoms with Gasteiger partial charge in [-0.1, -0.05) is 42.5 Å². The summed E-state index contributed by atoms with van der Waals surface area (Å²) in [6.07, 6.45) is 5.39. The van der Waals surface area contributed by atoms with Gasteiger partial charge in [0.15, 0.2) is 5.78 Å². The van der Waals surface area contributed by atoms with Crippen molar-refractivity contribution in [3.8, 4) is 0 Å². The fraction of sp³-hybridized carbons (Fsp3) is 0.545. The number of hydrogen-bond donors (Lipinski definition) is 0. The molecule has 1 aromatic carbocycles. The van der Waals surface area contributed by atoms with Crippen molar-refractivity contribution in [1.82, 2.24) is 0 Å². The Bertz CT molecular complexity index is 760. The van der Waals surface area contributed by atoms with Gasteiger partial charge < -0.3 is 9.47 Å². The molecule has 3 aliphatic rings. The van der Waals surface area contributed by atoms with Crippen molar-refractivity contribution in [3.63, 3.8) is 0 Å². The van der Waals surface area contributed by atoms with Crippen LogP contribution in [0.15, 0.2) is 42.5 Å². The Labute approximate surface area is 154 Å². The van der Waals surface area contributed by atoms with E-state index in [1.54, 1.807) is 0 Å². The summed E-state index contributed by atoms with van der Waals surface area (Å²) in [5.74, 6) is -0.199. The number of hydrogen-bond acceptors (Lipinski definition) is 4. The van der Waals surface area contributed by atoms with E-state index in [2.05, 4.69) is 12.2 Å². The Balaban J connectivity index is 1.51. The SMILES string of the molecule is CC(C)(C)OC(=O)[C@]12C(=O)C[C@]3(COCc4ccccc4)C=CC[C@H]1[C@@H]32. The van der Waals surface area contributed by atoms with Crippen LogP contribution in [0.4, 0.5) is 0 Å². The zero-order valence-electron chi connectivity index (χ0n) is 15.7. The first-order valence-corrected chi connectivity index (χ1v) is 9.36. The van der Waals surface area contributed by atoms with E-state index in [0.29, 0.717) is 19.6 Å². The summed E-state index contributed by atoms with van der Waals surface area (Å²) in [4.78, 5) is 25.8. The number of Topliss-reactive ketones (excluding diaryl/α,β-unsaturated/α-hetero) is 1. The van der Waals surface area contributed by atoms with Crippen LogP contribution < -0.4 is 0 Å². The summed E-state index contributed by atoms with van der Waals surface area (Å²) < 4.78 is 11.6. The quantitative estimate of drug-likeness (QED) is 0.460. The lowest BCUT2D eigenvalue weighted by Gasteiger charge is -2.30. The first-order chi connectivity index (χ1) is 12.3. The molecule has 0 spiro atoms. The van der Waals surface area contributed by atoms with E-state index in [1.807, 2.05) is 51.1 Å². The lowest BCUT2D eigenvalue weighted by Crippen LogP contribution is -2.35. The highest BCUT2D eigenvalue weighted by Crippen LogP contribution is 2.77. The molecule has 0 amide bonds. The maximum absolute atomic E-state index is 12.9. The predicted molar refractivity (Wildman–Crippen MR) is 97.2 cm³/mol. The average Bonchev–Trinajstić information content (AvgIpc) is 3.18. The van der Waals surface area contributed by atoms with Gasteiger partial charge in [-0.05, 0) is 44.6 Å². The van der Waals surface area contributed by atoms with Crippen LogP contribution in [-0.4, -0.2) is 24.0 Å². The van der Waals surface area contributed by atoms with Crippen molar-refractivity contribution in [3.05, 3.63) is 48.0 Å². The highest BCUT2D eigenvalue weighted by molar-refractivity contribution is 6.11. The minimum absolute atomic E-state index is 0.0260. The number of carbonyl (C=O) groups excluding carboxylic acids is 2. The molecule has 2 saturated carbocycles. The van der Waals surface area contributed by atoms with E-state index in [9.17, 15) is 9.59 Å². The van der Waals surface area contributed by atoms with E-state index in [1.165, 1.54) is 0 Å². The molecule has 0 N–H and O–H groups in total. The maximum atomic E-state index is 12.9. The molecular weight excluding hydrogens is 328 g/mol. The Morgan fingerprint density at radius 3 is 2.65 bits per heavy atom. The van der Waals surface area contributed by atoms with Gasteiger partial charge in [0.05, 0.1) is 13.2 Å². The molecule has 138 valence electrons. The van der Waals surface area contributed by atoms with Gasteiger partial charge in [-0.15, -0.1) is 0 Å². The summed E-state index contributed by atoms with van der Waals surface area (Å²) in [5.41, 5.74) is -0.766. The van der Waals surface area contributed by atoms with Crippen molar-refractivity contribution in [2.24, 2.45) is 22.7 Å². The molecule has 0 aliphatic heterocycles. The molecule has 3 aliphatic carbocycles. The van der Waals surface area contributed by atoms with E-state index in [4.69, 9.17) is 9.47 Å². The lowest BCUT2D eigenvalue weighted by molar-refractivity contribution is -0.164. The molecule has 1 aromatic rings. The number of rotatable bonds is 5. The first kappa shape index (κ1) is 17.5. The molecule has 26 heavy (non-hydrogen) atoms. The molecule has 0 saturated heterocycles. The molecule has 0 unspecified atom stereocenters. The minimum Gasteiger partial charge on any atom is -0.459 e. The van der Waals surface area contributed by atoms with E-state index >= 15 is 0 Å². The lowest BCUT2D eigenvalue weighted by atomic mass is 9.77. The largest absolute Gasteiger partial charge is 0.459 e. The molecule has 4 rings (SSSR count). The topological polar surface area (TPSA) is 52.6 Å². The van der Waals surface area contributed by atoms with Gasteiger partial charge in [-0.25, -0.2) is 0 Å². The van der Waals surface area contributed by atoms with Gasteiger partial charge in [0.25, 0.3) is 0 Å². The van der Waals surface area contributed by atoms with Gasteiger partial charge in [-0.2, -0.15) is 0 Å². The molecule has 0 heterocycles. The highest BCUT2D eigenvalue weighted by atomic mass is 16.6. The fourth-order valence-corrected chi connectivity index (χ4v) is 5.06. The summed E-state index contributed by atoms with van der Waals surface area (Å²) in [7, 11) is 0. The number of esters is 1. The van der Waals surface area contributed by atoms with Crippen molar-refractivity contribution in [2.75, 3.05) is 6.61 Å². The number of carbonyl (C=O) groups is 2. The Morgan fingerprint density at radius 1 is 1.23 bits per heavy atom. The van der Waals surface area contributed by atoms with Crippen LogP contribution in [0.25, 0.3) is 0 Å². The summed E-state index contributed by atoms with van der Waals surface area (Å²) in [5, 5.41) is 0. The second-order valence-electron chi connectivity index (χ2n) is 8.90. The average molecular weight is 354 g/mol. The zero-order valence-corrected chi connectivity index (χ0v) is 15.7. The molecule has 0 bridgehead atoms. The number of ketones is 1. The van der Waals surface area contributed by atoms with Crippen LogP contribution in [0, 0.1) is 22.7 Å². The second-order valence-corrected chi connectivity index (χ2v) is 8.90. The van der Waals surface area contributed by atoms with Crippen molar-refractivity contribution in [1.29, 1.82) is 0 Å². The van der Waals surface area contributed by atoms with Crippen LogP contribution >= 0.6 is 0 Å². The van der Waals surface area contributed by atoms with Crippen LogP contribution in [0.1, 0.15) is 39.2 Å². The predicted octanol–water partition coefficient (Wildman–Crippen LogP) is 3.70. The molecule has 4 nitrogen and oxygen atoms in total. The van der Waals surface area contributed by atoms with E-state index < -0.39 is 11.0 Å². The fourth-order valence-electron chi connectivity index (χ4n) is 5.06. The maximum Gasteiger partial charge on any atom is 0.320 e. The van der Waals surface area contributed by atoms with Crippen molar-refractivity contribution < 1.29 is 19.1 Å². The van der Waals surface area contributed by atoms with Crippen LogP contribution in [-0.2, 0) is 25.7 Å². The van der Waals surface area contributed by atoms with Crippen LogP contribution in [0.3, 0.4) is 0 Å². The summed E-state index contributed by atoms with van der Waals surface area (Å²) >= 11 is 0. The Kier molecular flexibility index (Phi) is 3.88. The molecule has 0 aromatic heterocycles. The smallest absolute Gasteiger partial charge is 0.320 e. The molecule has 4 atom stereocenters. The molecule has 0 radical (unpaired) electrons. The third kappa shape index (κ3) is 2.54. The number of benzene rings is 1. The van der Waals surface area contributed by atoms with Crippen molar-refractivity contribution in [2.45, 2.75) is 45.8 Å². The zero-order chi connectivity index (χ0) is 18.6. The van der Waals surface area contributed by atoms with Gasteiger partial charge in [0.1, 0.15) is 11.0 Å². The summed E-state index contributed by atoms with van der Waals surface area (Å²) in [6.45, 7) is 6.53. The van der Waals surface area contributed by atoms with E-state index in [0.717, 1.165) is 12.0 Å². The number of allylic oxidation sites excluding steroid dienone is 1. The third-order valence-electron chi connectivity index (χ3n) is 6.00. The number of ether oxygens (including phenoxy) is 2. The molecular formula is C22H26O4. The third-order valence-corrected chi connectivity index (χ3v) is 6.00. The first-order valence-electron chi connectivity index (χ1n) is 9.36. The summed E-state index contributed by atoms with van der Waals surface area (Å²) in [6, 6.07) is 10.0.